The van der Waals surface area contributed by atoms with E-state index >= 15 is 0 Å². The van der Waals surface area contributed by atoms with Gasteiger partial charge >= 0.3 is 11.7 Å². The van der Waals surface area contributed by atoms with E-state index in [0.29, 0.717) is 27.4 Å². The van der Waals surface area contributed by atoms with Crippen LogP contribution in [0.2, 0.25) is 0 Å². The molecule has 0 aliphatic heterocycles. The summed E-state index contributed by atoms with van der Waals surface area (Å²) in [7, 11) is 0. The zero-order valence-electron chi connectivity index (χ0n) is 17.3. The van der Waals surface area contributed by atoms with Gasteiger partial charge in [-0.3, -0.25) is 4.79 Å². The Labute approximate surface area is 190 Å². The average molecular weight is 456 g/mol. The van der Waals surface area contributed by atoms with Crippen LogP contribution < -0.4 is 11.2 Å². The van der Waals surface area contributed by atoms with E-state index in [-0.39, 0.29) is 17.9 Å². The van der Waals surface area contributed by atoms with Crippen LogP contribution in [0.1, 0.15) is 27.2 Å². The van der Waals surface area contributed by atoms with Crippen LogP contribution in [-0.4, -0.2) is 25.2 Å². The van der Waals surface area contributed by atoms with Crippen molar-refractivity contribution in [2.24, 2.45) is 0 Å². The van der Waals surface area contributed by atoms with Gasteiger partial charge in [0.2, 0.25) is 0 Å². The summed E-state index contributed by atoms with van der Waals surface area (Å²) in [5, 5.41) is 23.5. The highest BCUT2D eigenvalue weighted by molar-refractivity contribution is 7.09. The summed E-state index contributed by atoms with van der Waals surface area (Å²) in [6.45, 7) is 2.00. The first kappa shape index (κ1) is 20.5. The van der Waals surface area contributed by atoms with Crippen molar-refractivity contribution in [2.75, 3.05) is 0 Å². The number of aromatic nitrogens is 3. The van der Waals surface area contributed by atoms with Crippen molar-refractivity contribution in [1.82, 2.24) is 14.1 Å². The van der Waals surface area contributed by atoms with E-state index in [2.05, 4.69) is 11.1 Å². The van der Waals surface area contributed by atoms with Crippen molar-refractivity contribution >= 4 is 39.1 Å². The molecule has 2 N–H and O–H groups in total. The lowest BCUT2D eigenvalue weighted by atomic mass is 10.1. The van der Waals surface area contributed by atoms with Gasteiger partial charge < -0.3 is 14.7 Å². The van der Waals surface area contributed by atoms with Crippen LogP contribution in [0.3, 0.4) is 0 Å². The maximum absolute atomic E-state index is 13.3. The normalized spacial score (nSPS) is 11.2. The molecular weight excluding hydrogens is 440 g/mol. The second kappa shape index (κ2) is 7.62. The second-order valence-electron chi connectivity index (χ2n) is 7.69. The first-order valence-corrected chi connectivity index (χ1v) is 10.9. The number of H-pyrrole nitrogens is 1. The minimum Gasteiger partial charge on any atom is -0.477 e. The Bertz CT molecular complexity index is 1750. The van der Waals surface area contributed by atoms with Gasteiger partial charge in [-0.1, -0.05) is 23.8 Å². The van der Waals surface area contributed by atoms with Gasteiger partial charge in [0.1, 0.15) is 0 Å². The number of rotatable bonds is 4. The van der Waals surface area contributed by atoms with Crippen molar-refractivity contribution in [3.8, 4) is 11.8 Å². The van der Waals surface area contributed by atoms with Gasteiger partial charge in [-0.15, -0.1) is 11.3 Å². The van der Waals surface area contributed by atoms with Crippen LogP contribution >= 0.6 is 11.3 Å². The van der Waals surface area contributed by atoms with Crippen molar-refractivity contribution in [3.05, 3.63) is 96.4 Å². The number of fused-ring (bicyclic) bond motifs is 2. The summed E-state index contributed by atoms with van der Waals surface area (Å²) in [6, 6.07) is 14.3. The fourth-order valence-electron chi connectivity index (χ4n) is 4.13. The van der Waals surface area contributed by atoms with Gasteiger partial charge in [-0.2, -0.15) is 5.26 Å². The molecule has 0 atom stereocenters. The van der Waals surface area contributed by atoms with E-state index in [1.807, 2.05) is 13.0 Å². The molecular formula is C24H16N4O4S. The molecule has 0 saturated heterocycles. The Morgan fingerprint density at radius 1 is 1.15 bits per heavy atom. The van der Waals surface area contributed by atoms with Crippen molar-refractivity contribution in [2.45, 2.75) is 13.5 Å². The Morgan fingerprint density at radius 2 is 1.97 bits per heavy atom. The second-order valence-corrected chi connectivity index (χ2v) is 8.43. The highest BCUT2D eigenvalue weighted by Crippen LogP contribution is 2.31. The minimum absolute atomic E-state index is 0.0250. The Kier molecular flexibility index (Phi) is 4.73. The van der Waals surface area contributed by atoms with Crippen LogP contribution in [0.25, 0.3) is 27.5 Å². The lowest BCUT2D eigenvalue weighted by Gasteiger charge is -2.10. The van der Waals surface area contributed by atoms with Crippen LogP contribution in [0.4, 0.5) is 0 Å². The van der Waals surface area contributed by atoms with Gasteiger partial charge in [-0.05, 0) is 36.8 Å². The fourth-order valence-corrected chi connectivity index (χ4v) is 4.88. The van der Waals surface area contributed by atoms with Crippen LogP contribution in [0, 0.1) is 18.3 Å². The topological polar surface area (TPSA) is 121 Å². The number of aryl methyl sites for hydroxylation is 1. The largest absolute Gasteiger partial charge is 0.477 e. The third-order valence-electron chi connectivity index (χ3n) is 5.56. The van der Waals surface area contributed by atoms with Crippen LogP contribution in [-0.2, 0) is 6.54 Å². The molecule has 3 aromatic heterocycles. The summed E-state index contributed by atoms with van der Waals surface area (Å²) >= 11 is 1.28. The summed E-state index contributed by atoms with van der Waals surface area (Å²) in [5.41, 5.74) is 1.55. The van der Waals surface area contributed by atoms with Gasteiger partial charge in [0.25, 0.3) is 5.56 Å². The third kappa shape index (κ3) is 3.24. The zero-order chi connectivity index (χ0) is 23.3. The summed E-state index contributed by atoms with van der Waals surface area (Å²) < 4.78 is 2.47. The maximum Gasteiger partial charge on any atom is 0.354 e. The smallest absolute Gasteiger partial charge is 0.354 e. The third-order valence-corrected chi connectivity index (χ3v) is 6.30. The predicted molar refractivity (Wildman–Crippen MR) is 125 cm³/mol. The van der Waals surface area contributed by atoms with Crippen molar-refractivity contribution < 1.29 is 9.90 Å². The molecule has 2 aromatic carbocycles. The molecule has 5 aromatic rings. The molecule has 9 heteroatoms. The Hall–Kier alpha value is -4.42. The van der Waals surface area contributed by atoms with Crippen LogP contribution in [0.15, 0.2) is 62.8 Å². The number of carboxylic acids is 1. The molecule has 0 aliphatic carbocycles. The number of hydrogen-bond donors (Lipinski definition) is 2. The SMILES string of the molecule is Cc1ccc2c(c1)c(-n1c(=O)[nH]c3cscc3c1=O)c(C(=O)O)n2Cc1cccc(C#N)c1. The highest BCUT2D eigenvalue weighted by atomic mass is 32.1. The van der Waals surface area contributed by atoms with E-state index in [9.17, 15) is 24.8 Å². The molecule has 162 valence electrons. The number of benzene rings is 2. The van der Waals surface area contributed by atoms with E-state index in [0.717, 1.165) is 15.7 Å². The van der Waals surface area contributed by atoms with Gasteiger partial charge in [0.15, 0.2) is 5.69 Å². The van der Waals surface area contributed by atoms with Gasteiger partial charge in [0.05, 0.1) is 33.7 Å². The molecule has 0 spiro atoms. The number of nitriles is 1. The summed E-state index contributed by atoms with van der Waals surface area (Å²) in [6.07, 6.45) is 0. The van der Waals surface area contributed by atoms with E-state index in [1.165, 1.54) is 11.3 Å². The maximum atomic E-state index is 13.3. The molecule has 8 nitrogen and oxygen atoms in total. The molecule has 0 amide bonds. The van der Waals surface area contributed by atoms with Crippen LogP contribution in [0.5, 0.6) is 0 Å². The van der Waals surface area contributed by atoms with Crippen molar-refractivity contribution in [1.29, 1.82) is 5.26 Å². The average Bonchev–Trinajstić information content (AvgIpc) is 3.37. The summed E-state index contributed by atoms with van der Waals surface area (Å²) in [4.78, 5) is 41.5. The molecule has 0 fully saturated rings. The highest BCUT2D eigenvalue weighted by Gasteiger charge is 2.27. The zero-order valence-corrected chi connectivity index (χ0v) is 18.1. The molecule has 5 rings (SSSR count). The molecule has 33 heavy (non-hydrogen) atoms. The number of aromatic amines is 1. The monoisotopic (exact) mass is 456 g/mol. The van der Waals surface area contributed by atoms with E-state index in [1.54, 1.807) is 51.7 Å². The van der Waals surface area contributed by atoms with E-state index in [4.69, 9.17) is 0 Å². The number of aromatic carboxylic acids is 1. The number of nitrogens with zero attached hydrogens (tertiary/aromatic N) is 3. The molecule has 0 radical (unpaired) electrons. The molecule has 0 unspecified atom stereocenters. The molecule has 3 heterocycles. The first-order chi connectivity index (χ1) is 15.9. The van der Waals surface area contributed by atoms with Crippen molar-refractivity contribution in [3.63, 3.8) is 0 Å². The number of hydrogen-bond acceptors (Lipinski definition) is 5. The number of carboxylic acid groups (broad SMARTS) is 1. The molecule has 0 saturated carbocycles. The standard InChI is InChI=1S/C24H16N4O4S/c1-13-5-6-19-16(7-13)20(28-22(29)17-11-33-12-18(17)26-24(28)32)21(23(30)31)27(19)10-15-4-2-3-14(8-15)9-25/h2-8,11-12H,10H2,1H3,(H,26,32)(H,30,31). The Balaban J connectivity index is 1.89. The fraction of sp³-hybridized carbons (Fsp3) is 0.0833. The first-order valence-electron chi connectivity index (χ1n) is 9.96. The number of carbonyl (C=O) groups is 1. The Morgan fingerprint density at radius 3 is 2.73 bits per heavy atom. The number of nitrogens with one attached hydrogen (secondary N) is 1. The number of thiophene rings is 1. The lowest BCUT2D eigenvalue weighted by Crippen LogP contribution is -2.34. The molecule has 0 aliphatic rings. The van der Waals surface area contributed by atoms with E-state index < -0.39 is 17.2 Å². The quantitative estimate of drug-likeness (QED) is 0.428. The van der Waals surface area contributed by atoms with Gasteiger partial charge in [0, 0.05) is 22.7 Å². The molecule has 0 bridgehead atoms. The lowest BCUT2D eigenvalue weighted by molar-refractivity contribution is 0.0686. The van der Waals surface area contributed by atoms with Gasteiger partial charge in [-0.25, -0.2) is 14.2 Å². The minimum atomic E-state index is -1.27. The predicted octanol–water partition coefficient (Wildman–Crippen LogP) is 3.62. The summed E-state index contributed by atoms with van der Waals surface area (Å²) in [5.74, 6) is -1.27.